The van der Waals surface area contributed by atoms with Crippen molar-refractivity contribution in [2.24, 2.45) is 5.41 Å². The van der Waals surface area contributed by atoms with Gasteiger partial charge >= 0.3 is 0 Å². The SMILES string of the molecule is Cc1nn(C(C)C)c(OCCC(C)(C)C)c1N. The Morgan fingerprint density at radius 1 is 1.35 bits per heavy atom. The third-order valence-electron chi connectivity index (χ3n) is 2.67. The lowest BCUT2D eigenvalue weighted by atomic mass is 9.93. The predicted molar refractivity (Wildman–Crippen MR) is 71.3 cm³/mol. The molecule has 1 aromatic rings. The molecule has 0 spiro atoms. The molecule has 2 N–H and O–H groups in total. The summed E-state index contributed by atoms with van der Waals surface area (Å²) in [5.74, 6) is 0.710. The Balaban J connectivity index is 2.76. The van der Waals surface area contributed by atoms with Crippen LogP contribution in [0.4, 0.5) is 5.69 Å². The number of anilines is 1. The van der Waals surface area contributed by atoms with Crippen molar-refractivity contribution >= 4 is 5.69 Å². The minimum atomic E-state index is 0.260. The first-order valence-corrected chi connectivity index (χ1v) is 6.20. The molecule has 0 radical (unpaired) electrons. The zero-order valence-electron chi connectivity index (χ0n) is 11.9. The molecule has 1 aromatic heterocycles. The lowest BCUT2D eigenvalue weighted by Gasteiger charge is -2.19. The monoisotopic (exact) mass is 239 g/mol. The minimum Gasteiger partial charge on any atom is -0.476 e. The van der Waals surface area contributed by atoms with Crippen LogP contribution < -0.4 is 10.5 Å². The minimum absolute atomic E-state index is 0.260. The van der Waals surface area contributed by atoms with Gasteiger partial charge in [0.05, 0.1) is 18.3 Å². The molecule has 0 fully saturated rings. The molecular weight excluding hydrogens is 214 g/mol. The van der Waals surface area contributed by atoms with Crippen LogP contribution in [0.25, 0.3) is 0 Å². The maximum Gasteiger partial charge on any atom is 0.236 e. The van der Waals surface area contributed by atoms with Gasteiger partial charge in [-0.25, -0.2) is 4.68 Å². The quantitative estimate of drug-likeness (QED) is 0.878. The number of aromatic nitrogens is 2. The summed E-state index contributed by atoms with van der Waals surface area (Å²) in [4.78, 5) is 0. The van der Waals surface area contributed by atoms with Gasteiger partial charge in [0.1, 0.15) is 5.69 Å². The molecule has 0 aromatic carbocycles. The second-order valence-corrected chi connectivity index (χ2v) is 6.00. The predicted octanol–water partition coefficient (Wildman–Crippen LogP) is 3.17. The lowest BCUT2D eigenvalue weighted by Crippen LogP contribution is -2.14. The van der Waals surface area contributed by atoms with Crippen LogP contribution in [0.2, 0.25) is 0 Å². The molecule has 98 valence electrons. The Bertz CT molecular complexity index is 375. The molecule has 0 unspecified atom stereocenters. The molecule has 1 heterocycles. The molecule has 0 bridgehead atoms. The first-order chi connectivity index (χ1) is 7.72. The Kier molecular flexibility index (Phi) is 4.07. The molecule has 0 aliphatic carbocycles. The maximum absolute atomic E-state index is 5.98. The Hall–Kier alpha value is -1.19. The fraction of sp³-hybridized carbons (Fsp3) is 0.769. The van der Waals surface area contributed by atoms with E-state index in [1.807, 2.05) is 11.6 Å². The van der Waals surface area contributed by atoms with Gasteiger partial charge in [0.25, 0.3) is 0 Å². The number of hydrogen-bond acceptors (Lipinski definition) is 3. The Morgan fingerprint density at radius 2 is 1.94 bits per heavy atom. The third-order valence-corrected chi connectivity index (χ3v) is 2.67. The topological polar surface area (TPSA) is 53.1 Å². The van der Waals surface area contributed by atoms with E-state index in [1.54, 1.807) is 0 Å². The van der Waals surface area contributed by atoms with Gasteiger partial charge in [0.15, 0.2) is 0 Å². The van der Waals surface area contributed by atoms with Gasteiger partial charge < -0.3 is 10.5 Å². The van der Waals surface area contributed by atoms with Crippen LogP contribution in [-0.2, 0) is 0 Å². The highest BCUT2D eigenvalue weighted by atomic mass is 16.5. The van der Waals surface area contributed by atoms with Gasteiger partial charge in [-0.2, -0.15) is 5.10 Å². The molecule has 17 heavy (non-hydrogen) atoms. The summed E-state index contributed by atoms with van der Waals surface area (Å²) in [5.41, 5.74) is 7.75. The molecule has 0 saturated carbocycles. The summed E-state index contributed by atoms with van der Waals surface area (Å²) in [7, 11) is 0. The van der Waals surface area contributed by atoms with Gasteiger partial charge in [0.2, 0.25) is 5.88 Å². The summed E-state index contributed by atoms with van der Waals surface area (Å²) in [6.45, 7) is 13.3. The number of aryl methyl sites for hydroxylation is 1. The molecule has 0 aliphatic rings. The summed E-state index contributed by atoms with van der Waals surface area (Å²) in [5, 5.41) is 4.39. The number of rotatable bonds is 4. The third kappa shape index (κ3) is 3.65. The van der Waals surface area contributed by atoms with Gasteiger partial charge in [-0.15, -0.1) is 0 Å². The van der Waals surface area contributed by atoms with Crippen molar-refractivity contribution in [2.75, 3.05) is 12.3 Å². The van der Waals surface area contributed by atoms with Crippen molar-refractivity contribution in [1.82, 2.24) is 9.78 Å². The number of ether oxygens (including phenoxy) is 1. The fourth-order valence-electron chi connectivity index (χ4n) is 1.49. The first kappa shape index (κ1) is 13.9. The number of nitrogens with zero attached hydrogens (tertiary/aromatic N) is 2. The second-order valence-electron chi connectivity index (χ2n) is 6.00. The van der Waals surface area contributed by atoms with Crippen LogP contribution in [0.3, 0.4) is 0 Å². The standard InChI is InChI=1S/C13H25N3O/c1-9(2)16-12(11(14)10(3)15-16)17-8-7-13(4,5)6/h9H,7-8,14H2,1-6H3. The van der Waals surface area contributed by atoms with Gasteiger partial charge in [-0.1, -0.05) is 20.8 Å². The van der Waals surface area contributed by atoms with Crippen molar-refractivity contribution in [3.8, 4) is 5.88 Å². The Morgan fingerprint density at radius 3 is 2.41 bits per heavy atom. The summed E-state index contributed by atoms with van der Waals surface area (Å²) in [6, 6.07) is 0.260. The van der Waals surface area contributed by atoms with E-state index in [4.69, 9.17) is 10.5 Å². The molecule has 0 aliphatic heterocycles. The average Bonchev–Trinajstić information content (AvgIpc) is 2.44. The van der Waals surface area contributed by atoms with E-state index in [0.717, 1.165) is 12.1 Å². The smallest absolute Gasteiger partial charge is 0.236 e. The molecular formula is C13H25N3O. The van der Waals surface area contributed by atoms with E-state index >= 15 is 0 Å². The molecule has 4 nitrogen and oxygen atoms in total. The van der Waals surface area contributed by atoms with Crippen molar-refractivity contribution in [1.29, 1.82) is 0 Å². The zero-order chi connectivity index (χ0) is 13.2. The van der Waals surface area contributed by atoms with E-state index in [9.17, 15) is 0 Å². The van der Waals surface area contributed by atoms with Crippen molar-refractivity contribution < 1.29 is 4.74 Å². The van der Waals surface area contributed by atoms with Gasteiger partial charge in [-0.3, -0.25) is 0 Å². The van der Waals surface area contributed by atoms with E-state index in [1.165, 1.54) is 0 Å². The van der Waals surface area contributed by atoms with Crippen molar-refractivity contribution in [2.45, 2.75) is 54.0 Å². The Labute approximate surface area is 104 Å². The molecule has 4 heteroatoms. The molecule has 1 rings (SSSR count). The molecule has 0 saturated heterocycles. The lowest BCUT2D eigenvalue weighted by molar-refractivity contribution is 0.222. The van der Waals surface area contributed by atoms with E-state index in [0.29, 0.717) is 18.2 Å². The number of nitrogen functional groups attached to an aromatic ring is 1. The van der Waals surface area contributed by atoms with E-state index in [-0.39, 0.29) is 11.5 Å². The summed E-state index contributed by atoms with van der Waals surface area (Å²) >= 11 is 0. The zero-order valence-corrected chi connectivity index (χ0v) is 11.9. The van der Waals surface area contributed by atoms with E-state index in [2.05, 4.69) is 39.7 Å². The largest absolute Gasteiger partial charge is 0.476 e. The van der Waals surface area contributed by atoms with Crippen LogP contribution >= 0.6 is 0 Å². The van der Waals surface area contributed by atoms with Crippen LogP contribution in [0.15, 0.2) is 0 Å². The average molecular weight is 239 g/mol. The highest BCUT2D eigenvalue weighted by molar-refractivity contribution is 5.52. The maximum atomic E-state index is 5.98. The summed E-state index contributed by atoms with van der Waals surface area (Å²) in [6.07, 6.45) is 0.995. The van der Waals surface area contributed by atoms with Crippen LogP contribution in [0.5, 0.6) is 5.88 Å². The van der Waals surface area contributed by atoms with Gasteiger partial charge in [0, 0.05) is 0 Å². The highest BCUT2D eigenvalue weighted by Gasteiger charge is 2.17. The normalized spacial score (nSPS) is 12.2. The van der Waals surface area contributed by atoms with Crippen molar-refractivity contribution in [3.63, 3.8) is 0 Å². The van der Waals surface area contributed by atoms with E-state index < -0.39 is 0 Å². The molecule has 0 amide bonds. The van der Waals surface area contributed by atoms with Crippen LogP contribution in [-0.4, -0.2) is 16.4 Å². The van der Waals surface area contributed by atoms with Crippen LogP contribution in [0.1, 0.15) is 52.8 Å². The number of hydrogen-bond donors (Lipinski definition) is 1. The molecule has 0 atom stereocenters. The van der Waals surface area contributed by atoms with Crippen molar-refractivity contribution in [3.05, 3.63) is 5.69 Å². The fourth-order valence-corrected chi connectivity index (χ4v) is 1.49. The second kappa shape index (κ2) is 4.98. The van der Waals surface area contributed by atoms with Crippen LogP contribution in [0, 0.1) is 12.3 Å². The first-order valence-electron chi connectivity index (χ1n) is 6.20. The highest BCUT2D eigenvalue weighted by Crippen LogP contribution is 2.29. The van der Waals surface area contributed by atoms with Gasteiger partial charge in [-0.05, 0) is 32.6 Å². The summed E-state index contributed by atoms with van der Waals surface area (Å²) < 4.78 is 7.66. The number of nitrogens with two attached hydrogens (primary N) is 1.